The summed E-state index contributed by atoms with van der Waals surface area (Å²) in [6.07, 6.45) is 0.551. The van der Waals surface area contributed by atoms with Gasteiger partial charge in [-0.1, -0.05) is 58.5 Å². The molecule has 0 heterocycles. The SMILES string of the molecule is CC(C)(C)C.CC(CCF)c1ccc(SCF)cc1. The molecule has 0 N–H and O–H groups in total. The molecule has 0 saturated heterocycles. The van der Waals surface area contributed by atoms with Crippen LogP contribution in [0.1, 0.15) is 52.5 Å². The number of halogens is 2. The molecule has 0 saturated carbocycles. The molecule has 0 nitrogen and oxygen atoms in total. The molecule has 0 amide bonds. The molecule has 1 atom stereocenters. The monoisotopic (exact) mass is 288 g/mol. The van der Waals surface area contributed by atoms with E-state index < -0.39 is 6.01 Å². The molecule has 1 aromatic rings. The quantitative estimate of drug-likeness (QED) is 0.579. The second kappa shape index (κ2) is 9.35. The highest BCUT2D eigenvalue weighted by molar-refractivity contribution is 7.99. The van der Waals surface area contributed by atoms with E-state index in [-0.39, 0.29) is 12.6 Å². The molecule has 0 radical (unpaired) electrons. The number of hydrogen-bond acceptors (Lipinski definition) is 1. The lowest BCUT2D eigenvalue weighted by molar-refractivity contribution is 0.448. The van der Waals surface area contributed by atoms with Crippen LogP contribution in [0, 0.1) is 5.41 Å². The Kier molecular flexibility index (Phi) is 9.07. The Morgan fingerprint density at radius 3 is 1.89 bits per heavy atom. The molecular formula is C16H26F2S. The van der Waals surface area contributed by atoms with Gasteiger partial charge < -0.3 is 0 Å². The highest BCUT2D eigenvalue weighted by Crippen LogP contribution is 2.23. The van der Waals surface area contributed by atoms with Crippen LogP contribution >= 0.6 is 11.8 Å². The molecule has 0 aliphatic rings. The van der Waals surface area contributed by atoms with E-state index in [1.807, 2.05) is 31.2 Å². The summed E-state index contributed by atoms with van der Waals surface area (Å²) in [5.41, 5.74) is 1.62. The first-order valence-electron chi connectivity index (χ1n) is 6.62. The molecule has 110 valence electrons. The number of hydrogen-bond donors (Lipinski definition) is 0. The van der Waals surface area contributed by atoms with Crippen LogP contribution in [0.15, 0.2) is 29.2 Å². The smallest absolute Gasteiger partial charge is 0.139 e. The van der Waals surface area contributed by atoms with Crippen molar-refractivity contribution in [3.63, 3.8) is 0 Å². The summed E-state index contributed by atoms with van der Waals surface area (Å²) in [5, 5.41) is 0. The van der Waals surface area contributed by atoms with Crippen LogP contribution < -0.4 is 0 Å². The van der Waals surface area contributed by atoms with Gasteiger partial charge in [-0.15, -0.1) is 0 Å². The lowest BCUT2D eigenvalue weighted by Gasteiger charge is -2.09. The van der Waals surface area contributed by atoms with E-state index in [9.17, 15) is 8.78 Å². The molecule has 1 rings (SSSR count). The molecule has 19 heavy (non-hydrogen) atoms. The van der Waals surface area contributed by atoms with Crippen molar-refractivity contribution < 1.29 is 8.78 Å². The summed E-state index contributed by atoms with van der Waals surface area (Å²) < 4.78 is 24.0. The Morgan fingerprint density at radius 1 is 1.05 bits per heavy atom. The summed E-state index contributed by atoms with van der Waals surface area (Å²) in [6, 6.07) is 7.25. The van der Waals surface area contributed by atoms with E-state index in [4.69, 9.17) is 0 Å². The van der Waals surface area contributed by atoms with Gasteiger partial charge in [0.2, 0.25) is 0 Å². The number of alkyl halides is 2. The topological polar surface area (TPSA) is 0 Å². The molecule has 0 fully saturated rings. The van der Waals surface area contributed by atoms with E-state index in [1.54, 1.807) is 0 Å². The van der Waals surface area contributed by atoms with Crippen molar-refractivity contribution >= 4 is 11.8 Å². The van der Waals surface area contributed by atoms with Crippen LogP contribution in [0.3, 0.4) is 0 Å². The summed E-state index contributed by atoms with van der Waals surface area (Å²) in [7, 11) is 0. The molecule has 1 unspecified atom stereocenters. The van der Waals surface area contributed by atoms with Gasteiger partial charge in [0.05, 0.1) is 6.67 Å². The maximum Gasteiger partial charge on any atom is 0.139 e. The first kappa shape index (κ1) is 18.4. The Bertz CT molecular complexity index is 322. The minimum Gasteiger partial charge on any atom is -0.251 e. The fourth-order valence-corrected chi connectivity index (χ4v) is 1.74. The molecule has 0 aromatic heterocycles. The Morgan fingerprint density at radius 2 is 1.53 bits per heavy atom. The van der Waals surface area contributed by atoms with E-state index in [0.717, 1.165) is 10.5 Å². The minimum atomic E-state index is -0.403. The standard InChI is InChI=1S/C11H14F2S.C5H12/c1-9(6-7-12)10-2-4-11(5-3-10)14-8-13;1-5(2,3)4/h2-5,9H,6-8H2,1H3;1-4H3. The first-order valence-corrected chi connectivity index (χ1v) is 7.61. The van der Waals surface area contributed by atoms with Gasteiger partial charge in [0, 0.05) is 4.90 Å². The zero-order valence-corrected chi connectivity index (χ0v) is 13.5. The fraction of sp³-hybridized carbons (Fsp3) is 0.625. The molecule has 0 spiro atoms. The number of benzene rings is 1. The summed E-state index contributed by atoms with van der Waals surface area (Å²) in [4.78, 5) is 0.920. The van der Waals surface area contributed by atoms with Gasteiger partial charge in [0.15, 0.2) is 0 Å². The second-order valence-corrected chi connectivity index (χ2v) is 7.18. The number of thioether (sulfide) groups is 1. The third-order valence-electron chi connectivity index (χ3n) is 2.21. The maximum absolute atomic E-state index is 12.1. The van der Waals surface area contributed by atoms with Crippen molar-refractivity contribution in [1.82, 2.24) is 0 Å². The van der Waals surface area contributed by atoms with Crippen molar-refractivity contribution in [1.29, 1.82) is 0 Å². The van der Waals surface area contributed by atoms with E-state index in [1.165, 1.54) is 11.8 Å². The van der Waals surface area contributed by atoms with Crippen LogP contribution in [0.4, 0.5) is 8.78 Å². The van der Waals surface area contributed by atoms with Crippen LogP contribution in [-0.4, -0.2) is 12.7 Å². The predicted molar refractivity (Wildman–Crippen MR) is 82.4 cm³/mol. The average Bonchev–Trinajstić information content (AvgIpc) is 2.28. The zero-order chi connectivity index (χ0) is 14.9. The maximum atomic E-state index is 12.1. The van der Waals surface area contributed by atoms with Crippen molar-refractivity contribution in [3.8, 4) is 0 Å². The lowest BCUT2D eigenvalue weighted by atomic mass is 9.99. The minimum absolute atomic E-state index is 0.240. The summed E-state index contributed by atoms with van der Waals surface area (Å²) >= 11 is 1.17. The Balaban J connectivity index is 0.000000555. The van der Waals surface area contributed by atoms with Crippen LogP contribution in [0.2, 0.25) is 0 Å². The molecule has 0 aliphatic carbocycles. The largest absolute Gasteiger partial charge is 0.251 e. The van der Waals surface area contributed by atoms with Crippen molar-refractivity contribution in [2.75, 3.05) is 12.7 Å². The van der Waals surface area contributed by atoms with Gasteiger partial charge in [-0.2, -0.15) is 0 Å². The highest BCUT2D eigenvalue weighted by Gasteiger charge is 2.04. The van der Waals surface area contributed by atoms with E-state index >= 15 is 0 Å². The van der Waals surface area contributed by atoms with Crippen LogP contribution in [0.5, 0.6) is 0 Å². The van der Waals surface area contributed by atoms with Gasteiger partial charge in [0.25, 0.3) is 0 Å². The second-order valence-electron chi connectivity index (χ2n) is 6.20. The summed E-state index contributed by atoms with van der Waals surface area (Å²) in [6.45, 7) is 10.5. The molecule has 0 bridgehead atoms. The third kappa shape index (κ3) is 11.0. The van der Waals surface area contributed by atoms with Crippen molar-refractivity contribution in [3.05, 3.63) is 29.8 Å². The molecular weight excluding hydrogens is 262 g/mol. The molecule has 3 heteroatoms. The molecule has 1 aromatic carbocycles. The zero-order valence-electron chi connectivity index (χ0n) is 12.7. The third-order valence-corrected chi connectivity index (χ3v) is 2.93. The average molecular weight is 288 g/mol. The first-order chi connectivity index (χ1) is 8.77. The van der Waals surface area contributed by atoms with Gasteiger partial charge in [0.1, 0.15) is 6.01 Å². The molecule has 0 aliphatic heterocycles. The van der Waals surface area contributed by atoms with E-state index in [0.29, 0.717) is 11.8 Å². The van der Waals surface area contributed by atoms with Crippen molar-refractivity contribution in [2.45, 2.75) is 51.9 Å². The lowest BCUT2D eigenvalue weighted by Crippen LogP contribution is -1.94. The Hall–Kier alpha value is -0.570. The van der Waals surface area contributed by atoms with Gasteiger partial charge in [-0.25, -0.2) is 4.39 Å². The summed E-state index contributed by atoms with van der Waals surface area (Å²) in [5.74, 6) is 0.240. The highest BCUT2D eigenvalue weighted by atomic mass is 32.2. The predicted octanol–water partition coefficient (Wildman–Crippen LogP) is 6.22. The normalized spacial score (nSPS) is 12.6. The van der Waals surface area contributed by atoms with Gasteiger partial charge in [-0.3, -0.25) is 4.39 Å². The van der Waals surface area contributed by atoms with Crippen LogP contribution in [0.25, 0.3) is 0 Å². The van der Waals surface area contributed by atoms with Crippen molar-refractivity contribution in [2.24, 2.45) is 5.41 Å². The van der Waals surface area contributed by atoms with Gasteiger partial charge >= 0.3 is 0 Å². The fourth-order valence-electron chi connectivity index (χ4n) is 1.29. The van der Waals surface area contributed by atoms with E-state index in [2.05, 4.69) is 27.7 Å². The number of rotatable bonds is 5. The van der Waals surface area contributed by atoms with Crippen LogP contribution in [-0.2, 0) is 0 Å². The van der Waals surface area contributed by atoms with Gasteiger partial charge in [-0.05, 0) is 35.4 Å². The Labute approximate surface area is 121 Å².